The van der Waals surface area contributed by atoms with Gasteiger partial charge >= 0.3 is 0 Å². The number of aromatic nitrogens is 1. The van der Waals surface area contributed by atoms with Gasteiger partial charge in [0.1, 0.15) is 0 Å². The minimum Gasteiger partial charge on any atom is -0.364 e. The van der Waals surface area contributed by atoms with Crippen LogP contribution in [-0.2, 0) is 6.42 Å². The molecule has 0 fully saturated rings. The van der Waals surface area contributed by atoms with Crippen molar-refractivity contribution in [2.75, 3.05) is 6.54 Å². The molecule has 0 aliphatic rings. The molecule has 3 heteroatoms. The molecule has 0 aliphatic carbocycles. The first-order valence-corrected chi connectivity index (χ1v) is 4.43. The predicted molar refractivity (Wildman–Crippen MR) is 50.9 cm³/mol. The van der Waals surface area contributed by atoms with Crippen LogP contribution in [0.25, 0.3) is 0 Å². The number of halogens is 1. The number of H-pyrrole nitrogens is 1. The first-order valence-electron chi connectivity index (χ1n) is 3.36. The number of hydrogen-bond donors (Lipinski definition) is 2. The Labute approximate surface area is 74.3 Å². The summed E-state index contributed by atoms with van der Waals surface area (Å²) in [6.45, 7) is 0.773. The lowest BCUT2D eigenvalue weighted by atomic mass is 10.2. The third-order valence-electron chi connectivity index (χ3n) is 1.36. The highest BCUT2D eigenvalue weighted by atomic mass is 127. The van der Waals surface area contributed by atoms with Crippen molar-refractivity contribution in [3.8, 4) is 0 Å². The van der Waals surface area contributed by atoms with Crippen molar-refractivity contribution in [3.05, 3.63) is 21.5 Å². The monoisotopic (exact) mass is 250 g/mol. The third kappa shape index (κ3) is 2.30. The Balaban J connectivity index is 2.42. The molecule has 1 rings (SSSR count). The highest BCUT2D eigenvalue weighted by Crippen LogP contribution is 2.07. The molecule has 1 heterocycles. The van der Waals surface area contributed by atoms with Crippen LogP contribution in [0.15, 0.2) is 12.3 Å². The average molecular weight is 250 g/mol. The van der Waals surface area contributed by atoms with E-state index >= 15 is 0 Å². The molecule has 0 saturated carbocycles. The van der Waals surface area contributed by atoms with Gasteiger partial charge in [-0.2, -0.15) is 0 Å². The normalized spacial score (nSPS) is 10.2. The fraction of sp³-hybridized carbons (Fsp3) is 0.429. The molecule has 0 atom stereocenters. The summed E-state index contributed by atoms with van der Waals surface area (Å²) in [5, 5.41) is 0. The smallest absolute Gasteiger partial charge is 0.0307 e. The SMILES string of the molecule is NCCCc1cc(I)c[nH]1. The number of rotatable bonds is 3. The summed E-state index contributed by atoms with van der Waals surface area (Å²) >= 11 is 2.29. The van der Waals surface area contributed by atoms with Crippen molar-refractivity contribution in [3.63, 3.8) is 0 Å². The molecule has 0 amide bonds. The summed E-state index contributed by atoms with van der Waals surface area (Å²) in [7, 11) is 0. The van der Waals surface area contributed by atoms with Crippen molar-refractivity contribution in [1.82, 2.24) is 4.98 Å². The van der Waals surface area contributed by atoms with Crippen LogP contribution in [0.2, 0.25) is 0 Å². The Kier molecular flexibility index (Phi) is 3.21. The molecule has 0 spiro atoms. The van der Waals surface area contributed by atoms with E-state index in [9.17, 15) is 0 Å². The largest absolute Gasteiger partial charge is 0.364 e. The Morgan fingerprint density at radius 3 is 2.90 bits per heavy atom. The summed E-state index contributed by atoms with van der Waals surface area (Å²) in [5.41, 5.74) is 6.65. The highest BCUT2D eigenvalue weighted by molar-refractivity contribution is 14.1. The van der Waals surface area contributed by atoms with Crippen molar-refractivity contribution < 1.29 is 0 Å². The Bertz CT molecular complexity index is 195. The topological polar surface area (TPSA) is 41.8 Å². The summed E-state index contributed by atoms with van der Waals surface area (Å²) in [6.07, 6.45) is 4.14. The minimum absolute atomic E-state index is 0.773. The number of aromatic amines is 1. The fourth-order valence-corrected chi connectivity index (χ4v) is 1.38. The van der Waals surface area contributed by atoms with Crippen molar-refractivity contribution in [2.24, 2.45) is 5.73 Å². The van der Waals surface area contributed by atoms with E-state index in [1.54, 1.807) is 0 Å². The van der Waals surface area contributed by atoms with Crippen LogP contribution in [-0.4, -0.2) is 11.5 Å². The Hall–Kier alpha value is -0.0300. The van der Waals surface area contributed by atoms with E-state index in [0.29, 0.717) is 0 Å². The lowest BCUT2D eigenvalue weighted by Crippen LogP contribution is -2.00. The van der Waals surface area contributed by atoms with Gasteiger partial charge in [-0.25, -0.2) is 0 Å². The number of nitrogens with two attached hydrogens (primary N) is 1. The second kappa shape index (κ2) is 3.98. The molecule has 0 aromatic carbocycles. The minimum atomic E-state index is 0.773. The molecule has 0 bridgehead atoms. The molecule has 0 unspecified atom stereocenters. The lowest BCUT2D eigenvalue weighted by molar-refractivity contribution is 0.816. The van der Waals surface area contributed by atoms with Crippen LogP contribution in [0.3, 0.4) is 0 Å². The maximum absolute atomic E-state index is 5.37. The van der Waals surface area contributed by atoms with Gasteiger partial charge in [-0.3, -0.25) is 0 Å². The highest BCUT2D eigenvalue weighted by Gasteiger charge is 1.93. The van der Waals surface area contributed by atoms with E-state index in [4.69, 9.17) is 5.73 Å². The molecule has 3 N–H and O–H groups in total. The number of aryl methyl sites for hydroxylation is 1. The van der Waals surface area contributed by atoms with Gasteiger partial charge in [-0.05, 0) is 48.0 Å². The molecule has 56 valence electrons. The number of hydrogen-bond acceptors (Lipinski definition) is 1. The van der Waals surface area contributed by atoms with E-state index < -0.39 is 0 Å². The van der Waals surface area contributed by atoms with Crippen molar-refractivity contribution >= 4 is 22.6 Å². The van der Waals surface area contributed by atoms with E-state index in [2.05, 4.69) is 33.6 Å². The van der Waals surface area contributed by atoms with E-state index in [1.165, 1.54) is 9.26 Å². The maximum Gasteiger partial charge on any atom is 0.0307 e. The summed E-state index contributed by atoms with van der Waals surface area (Å²) < 4.78 is 1.27. The van der Waals surface area contributed by atoms with Gasteiger partial charge in [0, 0.05) is 15.5 Å². The van der Waals surface area contributed by atoms with Crippen LogP contribution >= 0.6 is 22.6 Å². The van der Waals surface area contributed by atoms with E-state index in [1.807, 2.05) is 6.20 Å². The Morgan fingerprint density at radius 1 is 1.60 bits per heavy atom. The predicted octanol–water partition coefficient (Wildman–Crippen LogP) is 1.51. The van der Waals surface area contributed by atoms with Gasteiger partial charge in [0.15, 0.2) is 0 Å². The maximum atomic E-state index is 5.37. The van der Waals surface area contributed by atoms with Gasteiger partial charge in [-0.1, -0.05) is 0 Å². The van der Waals surface area contributed by atoms with Crippen molar-refractivity contribution in [2.45, 2.75) is 12.8 Å². The molecule has 1 aromatic heterocycles. The molecule has 10 heavy (non-hydrogen) atoms. The molecule has 2 nitrogen and oxygen atoms in total. The van der Waals surface area contributed by atoms with Gasteiger partial charge < -0.3 is 10.7 Å². The van der Waals surface area contributed by atoms with Crippen LogP contribution in [0, 0.1) is 3.57 Å². The first-order chi connectivity index (χ1) is 4.83. The van der Waals surface area contributed by atoms with Crippen LogP contribution in [0.5, 0.6) is 0 Å². The molecule has 0 saturated heterocycles. The van der Waals surface area contributed by atoms with Gasteiger partial charge in [0.05, 0.1) is 0 Å². The zero-order valence-corrected chi connectivity index (χ0v) is 7.89. The van der Waals surface area contributed by atoms with Crippen molar-refractivity contribution in [1.29, 1.82) is 0 Å². The zero-order valence-electron chi connectivity index (χ0n) is 5.73. The second-order valence-electron chi connectivity index (χ2n) is 2.24. The second-order valence-corrected chi connectivity index (χ2v) is 3.48. The molecule has 0 radical (unpaired) electrons. The zero-order chi connectivity index (χ0) is 7.40. The summed E-state index contributed by atoms with van der Waals surface area (Å²) in [5.74, 6) is 0. The lowest BCUT2D eigenvalue weighted by Gasteiger charge is -1.92. The molecular formula is C7H11IN2. The summed E-state index contributed by atoms with van der Waals surface area (Å²) in [6, 6.07) is 2.15. The first kappa shape index (κ1) is 8.07. The molecule has 0 aliphatic heterocycles. The number of nitrogens with one attached hydrogen (secondary N) is 1. The van der Waals surface area contributed by atoms with Crippen LogP contribution in [0.4, 0.5) is 0 Å². The van der Waals surface area contributed by atoms with Crippen LogP contribution < -0.4 is 5.73 Å². The van der Waals surface area contributed by atoms with Crippen LogP contribution in [0.1, 0.15) is 12.1 Å². The third-order valence-corrected chi connectivity index (χ3v) is 1.98. The average Bonchev–Trinajstić information content (AvgIpc) is 2.31. The van der Waals surface area contributed by atoms with Gasteiger partial charge in [0.2, 0.25) is 0 Å². The van der Waals surface area contributed by atoms with Gasteiger partial charge in [-0.15, -0.1) is 0 Å². The van der Waals surface area contributed by atoms with E-state index in [-0.39, 0.29) is 0 Å². The fourth-order valence-electron chi connectivity index (χ4n) is 0.848. The molecule has 1 aromatic rings. The standard InChI is InChI=1S/C7H11IN2/c8-6-4-7(10-5-6)2-1-3-9/h4-5,10H,1-3,9H2. The van der Waals surface area contributed by atoms with Gasteiger partial charge in [0.25, 0.3) is 0 Å². The summed E-state index contributed by atoms with van der Waals surface area (Å²) in [4.78, 5) is 3.18. The quantitative estimate of drug-likeness (QED) is 0.784. The Morgan fingerprint density at radius 2 is 2.40 bits per heavy atom. The molecular weight excluding hydrogens is 239 g/mol. The van der Waals surface area contributed by atoms with E-state index in [0.717, 1.165) is 19.4 Å².